The predicted molar refractivity (Wildman–Crippen MR) is 56.1 cm³/mol. The van der Waals surface area contributed by atoms with Crippen LogP contribution in [0, 0.1) is 5.92 Å². The fourth-order valence-electron chi connectivity index (χ4n) is 3.82. The van der Waals surface area contributed by atoms with Gasteiger partial charge in [-0.25, -0.2) is 0 Å². The SMILES string of the molecule is OC1CCC2CC1CN2C1CCCC1. The predicted octanol–water partition coefficient (Wildman–Crippen LogP) is 1.77. The highest BCUT2D eigenvalue weighted by Gasteiger charge is 2.42. The molecule has 2 nitrogen and oxygen atoms in total. The van der Waals surface area contributed by atoms with Gasteiger partial charge in [0.05, 0.1) is 6.10 Å². The maximum Gasteiger partial charge on any atom is 0.0581 e. The highest BCUT2D eigenvalue weighted by atomic mass is 16.3. The molecule has 80 valence electrons. The summed E-state index contributed by atoms with van der Waals surface area (Å²) in [4.78, 5) is 2.73. The molecule has 0 aromatic heterocycles. The molecule has 0 spiro atoms. The van der Waals surface area contributed by atoms with Gasteiger partial charge in [0.25, 0.3) is 0 Å². The van der Waals surface area contributed by atoms with Gasteiger partial charge in [-0.15, -0.1) is 0 Å². The average Bonchev–Trinajstić information content (AvgIpc) is 2.80. The lowest BCUT2D eigenvalue weighted by molar-refractivity contribution is 0.0891. The molecule has 3 unspecified atom stereocenters. The Balaban J connectivity index is 1.70. The van der Waals surface area contributed by atoms with Crippen LogP contribution in [0.3, 0.4) is 0 Å². The van der Waals surface area contributed by atoms with Crippen molar-refractivity contribution >= 4 is 0 Å². The van der Waals surface area contributed by atoms with Crippen molar-refractivity contribution in [2.24, 2.45) is 5.92 Å². The number of rotatable bonds is 1. The maximum absolute atomic E-state index is 9.83. The summed E-state index contributed by atoms with van der Waals surface area (Å²) in [6.45, 7) is 1.19. The molecule has 2 bridgehead atoms. The van der Waals surface area contributed by atoms with Crippen molar-refractivity contribution in [3.05, 3.63) is 0 Å². The van der Waals surface area contributed by atoms with Crippen molar-refractivity contribution < 1.29 is 5.11 Å². The monoisotopic (exact) mass is 195 g/mol. The van der Waals surface area contributed by atoms with E-state index in [1.165, 1.54) is 45.1 Å². The fraction of sp³-hybridized carbons (Fsp3) is 1.00. The zero-order valence-corrected chi connectivity index (χ0v) is 8.86. The van der Waals surface area contributed by atoms with Gasteiger partial charge in [-0.3, -0.25) is 4.90 Å². The van der Waals surface area contributed by atoms with Crippen LogP contribution in [0.25, 0.3) is 0 Å². The first kappa shape index (κ1) is 9.17. The summed E-state index contributed by atoms with van der Waals surface area (Å²) >= 11 is 0. The summed E-state index contributed by atoms with van der Waals surface area (Å²) in [6, 6.07) is 1.70. The molecule has 3 rings (SSSR count). The van der Waals surface area contributed by atoms with E-state index in [1.54, 1.807) is 0 Å². The van der Waals surface area contributed by atoms with Gasteiger partial charge in [-0.05, 0) is 38.0 Å². The Bertz CT molecular complexity index is 212. The molecule has 14 heavy (non-hydrogen) atoms. The van der Waals surface area contributed by atoms with E-state index in [-0.39, 0.29) is 6.10 Å². The minimum Gasteiger partial charge on any atom is -0.393 e. The second kappa shape index (κ2) is 3.49. The molecule has 2 saturated carbocycles. The molecule has 3 aliphatic rings. The topological polar surface area (TPSA) is 23.5 Å². The average molecular weight is 195 g/mol. The molecule has 0 amide bonds. The van der Waals surface area contributed by atoms with Crippen molar-refractivity contribution in [1.29, 1.82) is 0 Å². The first-order chi connectivity index (χ1) is 6.84. The Hall–Kier alpha value is -0.0800. The number of likely N-dealkylation sites (tertiary alicyclic amines) is 1. The summed E-state index contributed by atoms with van der Waals surface area (Å²) in [5.74, 6) is 0.606. The van der Waals surface area contributed by atoms with Crippen molar-refractivity contribution in [1.82, 2.24) is 4.90 Å². The van der Waals surface area contributed by atoms with Crippen LogP contribution < -0.4 is 0 Å². The Morgan fingerprint density at radius 1 is 0.929 bits per heavy atom. The van der Waals surface area contributed by atoms with E-state index >= 15 is 0 Å². The first-order valence-corrected chi connectivity index (χ1v) is 6.28. The number of hydrogen-bond donors (Lipinski definition) is 1. The molecule has 2 heteroatoms. The minimum absolute atomic E-state index is 0.0117. The van der Waals surface area contributed by atoms with Crippen LogP contribution in [0.5, 0.6) is 0 Å². The Kier molecular flexibility index (Phi) is 2.29. The number of aliphatic hydroxyl groups excluding tert-OH is 1. The van der Waals surface area contributed by atoms with Gasteiger partial charge in [-0.1, -0.05) is 12.8 Å². The Labute approximate surface area is 86.3 Å². The Morgan fingerprint density at radius 3 is 2.43 bits per heavy atom. The lowest BCUT2D eigenvalue weighted by Gasteiger charge is -2.30. The smallest absolute Gasteiger partial charge is 0.0581 e. The van der Waals surface area contributed by atoms with E-state index in [1.807, 2.05) is 0 Å². The van der Waals surface area contributed by atoms with Crippen molar-refractivity contribution in [2.75, 3.05) is 6.54 Å². The molecule has 0 aromatic rings. The second-order valence-corrected chi connectivity index (χ2v) is 5.43. The quantitative estimate of drug-likeness (QED) is 0.689. The van der Waals surface area contributed by atoms with Gasteiger partial charge < -0.3 is 5.11 Å². The van der Waals surface area contributed by atoms with E-state index in [0.717, 1.165) is 18.5 Å². The molecule has 2 aliphatic carbocycles. The second-order valence-electron chi connectivity index (χ2n) is 5.43. The van der Waals surface area contributed by atoms with Gasteiger partial charge in [0.2, 0.25) is 0 Å². The number of fused-ring (bicyclic) bond motifs is 2. The van der Waals surface area contributed by atoms with Crippen molar-refractivity contribution in [3.63, 3.8) is 0 Å². The molecule has 3 atom stereocenters. The molecule has 0 aromatic carbocycles. The van der Waals surface area contributed by atoms with E-state index < -0.39 is 0 Å². The van der Waals surface area contributed by atoms with E-state index in [0.29, 0.717) is 5.92 Å². The zero-order chi connectivity index (χ0) is 9.54. The molecule has 1 heterocycles. The van der Waals surface area contributed by atoms with Crippen LogP contribution in [0.4, 0.5) is 0 Å². The summed E-state index contributed by atoms with van der Waals surface area (Å²) < 4.78 is 0. The molecule has 1 N–H and O–H groups in total. The van der Waals surface area contributed by atoms with Crippen LogP contribution in [-0.2, 0) is 0 Å². The molecule has 0 radical (unpaired) electrons. The van der Waals surface area contributed by atoms with Gasteiger partial charge in [0, 0.05) is 18.6 Å². The molecular weight excluding hydrogens is 174 g/mol. The summed E-state index contributed by atoms with van der Waals surface area (Å²) in [5.41, 5.74) is 0. The molecule has 1 saturated heterocycles. The van der Waals surface area contributed by atoms with Gasteiger partial charge >= 0.3 is 0 Å². The number of aliphatic hydroxyl groups is 1. The van der Waals surface area contributed by atoms with Gasteiger partial charge in [-0.2, -0.15) is 0 Å². The van der Waals surface area contributed by atoms with Crippen molar-refractivity contribution in [3.8, 4) is 0 Å². The molecular formula is C12H21NO. The van der Waals surface area contributed by atoms with Gasteiger partial charge in [0.1, 0.15) is 0 Å². The van der Waals surface area contributed by atoms with Crippen LogP contribution >= 0.6 is 0 Å². The normalized spacial score (nSPS) is 44.8. The highest BCUT2D eigenvalue weighted by Crippen LogP contribution is 2.39. The summed E-state index contributed by atoms with van der Waals surface area (Å²) in [5, 5.41) is 9.83. The Morgan fingerprint density at radius 2 is 1.71 bits per heavy atom. The van der Waals surface area contributed by atoms with Crippen LogP contribution in [0.15, 0.2) is 0 Å². The molecule has 1 aliphatic heterocycles. The van der Waals surface area contributed by atoms with E-state index in [4.69, 9.17) is 0 Å². The first-order valence-electron chi connectivity index (χ1n) is 6.28. The highest BCUT2D eigenvalue weighted by molar-refractivity contribution is 4.97. The van der Waals surface area contributed by atoms with E-state index in [2.05, 4.69) is 4.90 Å². The molecule has 3 fully saturated rings. The third-order valence-corrected chi connectivity index (χ3v) is 4.62. The number of hydrogen-bond acceptors (Lipinski definition) is 2. The third kappa shape index (κ3) is 1.40. The number of nitrogens with zero attached hydrogens (tertiary/aromatic N) is 1. The summed E-state index contributed by atoms with van der Waals surface area (Å²) in [7, 11) is 0. The largest absolute Gasteiger partial charge is 0.393 e. The van der Waals surface area contributed by atoms with Crippen LogP contribution in [0.2, 0.25) is 0 Å². The van der Waals surface area contributed by atoms with E-state index in [9.17, 15) is 5.11 Å². The van der Waals surface area contributed by atoms with Crippen LogP contribution in [0.1, 0.15) is 44.9 Å². The lowest BCUT2D eigenvalue weighted by atomic mass is 9.88. The van der Waals surface area contributed by atoms with Crippen molar-refractivity contribution in [2.45, 2.75) is 63.1 Å². The third-order valence-electron chi connectivity index (χ3n) is 4.62. The van der Waals surface area contributed by atoms with Crippen LogP contribution in [-0.4, -0.2) is 34.7 Å². The lowest BCUT2D eigenvalue weighted by Crippen LogP contribution is -2.37. The van der Waals surface area contributed by atoms with Gasteiger partial charge in [0.15, 0.2) is 0 Å². The maximum atomic E-state index is 9.83. The summed E-state index contributed by atoms with van der Waals surface area (Å²) in [6.07, 6.45) is 9.28. The fourth-order valence-corrected chi connectivity index (χ4v) is 3.82. The minimum atomic E-state index is 0.0117. The standard InChI is InChI=1S/C12H21NO/c14-12-6-5-11-7-9(12)8-13(11)10-3-1-2-4-10/h9-12,14H,1-8H2. The zero-order valence-electron chi connectivity index (χ0n) is 8.86.